The number of anilines is 2. The monoisotopic (exact) mass is 311 g/mol. The van der Waals surface area contributed by atoms with E-state index in [9.17, 15) is 9.59 Å². The fraction of sp³-hybridized carbons (Fsp3) is 0.467. The van der Waals surface area contributed by atoms with Gasteiger partial charge in [-0.15, -0.1) is 12.4 Å². The Kier molecular flexibility index (Phi) is 6.18. The third-order valence-electron chi connectivity index (χ3n) is 3.91. The largest absolute Gasteiger partial charge is 0.326 e. The minimum atomic E-state index is -0.0395. The third-order valence-corrected chi connectivity index (χ3v) is 3.91. The average molecular weight is 312 g/mol. The lowest BCUT2D eigenvalue weighted by atomic mass is 9.88. The standard InChI is InChI=1S/C15H21N3O2.ClH/c1-10(12-8-16-9-12)15(20)17-13-5-4-6-14(7-13)18(3)11(2)19;/h4-7,10,12,16H,8-9H2,1-3H3,(H,17,20);1H. The first kappa shape index (κ1) is 17.5. The van der Waals surface area contributed by atoms with Crippen molar-refractivity contribution in [1.82, 2.24) is 5.32 Å². The van der Waals surface area contributed by atoms with Gasteiger partial charge in [0, 0.05) is 31.3 Å². The summed E-state index contributed by atoms with van der Waals surface area (Å²) in [7, 11) is 1.71. The number of nitrogens with one attached hydrogen (secondary N) is 2. The number of hydrogen-bond acceptors (Lipinski definition) is 3. The molecular weight excluding hydrogens is 290 g/mol. The highest BCUT2D eigenvalue weighted by Gasteiger charge is 2.28. The van der Waals surface area contributed by atoms with Gasteiger partial charge < -0.3 is 15.5 Å². The zero-order chi connectivity index (χ0) is 14.7. The number of rotatable bonds is 4. The molecule has 116 valence electrons. The van der Waals surface area contributed by atoms with E-state index in [2.05, 4.69) is 10.6 Å². The Balaban J connectivity index is 0.00000220. The van der Waals surface area contributed by atoms with Crippen molar-refractivity contribution >= 4 is 35.6 Å². The average Bonchev–Trinajstić information content (AvgIpc) is 2.35. The van der Waals surface area contributed by atoms with Crippen LogP contribution in [0, 0.1) is 11.8 Å². The molecule has 1 saturated heterocycles. The number of hydrogen-bond donors (Lipinski definition) is 2. The van der Waals surface area contributed by atoms with E-state index >= 15 is 0 Å². The summed E-state index contributed by atoms with van der Waals surface area (Å²) >= 11 is 0. The predicted molar refractivity (Wildman–Crippen MR) is 86.9 cm³/mol. The SMILES string of the molecule is CC(=O)N(C)c1cccc(NC(=O)C(C)C2CNC2)c1.Cl. The van der Waals surface area contributed by atoms with Crippen molar-refractivity contribution in [3.8, 4) is 0 Å². The molecule has 0 saturated carbocycles. The molecule has 1 unspecified atom stereocenters. The van der Waals surface area contributed by atoms with Gasteiger partial charge in [-0.3, -0.25) is 9.59 Å². The lowest BCUT2D eigenvalue weighted by molar-refractivity contribution is -0.121. The lowest BCUT2D eigenvalue weighted by Gasteiger charge is -2.31. The quantitative estimate of drug-likeness (QED) is 0.892. The van der Waals surface area contributed by atoms with Crippen LogP contribution in [0.5, 0.6) is 0 Å². The van der Waals surface area contributed by atoms with Crippen molar-refractivity contribution in [2.24, 2.45) is 11.8 Å². The molecule has 1 heterocycles. The first-order valence-corrected chi connectivity index (χ1v) is 6.85. The van der Waals surface area contributed by atoms with E-state index in [1.807, 2.05) is 31.2 Å². The number of carbonyl (C=O) groups excluding carboxylic acids is 2. The Morgan fingerprint density at radius 1 is 1.38 bits per heavy atom. The normalized spacial score (nSPS) is 15.4. The van der Waals surface area contributed by atoms with Crippen LogP contribution in [0.15, 0.2) is 24.3 Å². The Morgan fingerprint density at radius 2 is 2.05 bits per heavy atom. The van der Waals surface area contributed by atoms with Gasteiger partial charge >= 0.3 is 0 Å². The van der Waals surface area contributed by atoms with Crippen molar-refractivity contribution in [3.63, 3.8) is 0 Å². The van der Waals surface area contributed by atoms with E-state index in [0.29, 0.717) is 5.92 Å². The summed E-state index contributed by atoms with van der Waals surface area (Å²) in [6.07, 6.45) is 0. The summed E-state index contributed by atoms with van der Waals surface area (Å²) in [6.45, 7) is 5.27. The molecule has 0 aromatic heterocycles. The van der Waals surface area contributed by atoms with Crippen LogP contribution in [0.25, 0.3) is 0 Å². The fourth-order valence-corrected chi connectivity index (χ4v) is 2.11. The van der Waals surface area contributed by atoms with Crippen molar-refractivity contribution in [2.75, 3.05) is 30.4 Å². The highest BCUT2D eigenvalue weighted by atomic mass is 35.5. The molecule has 1 aromatic rings. The second-order valence-electron chi connectivity index (χ2n) is 5.32. The van der Waals surface area contributed by atoms with Gasteiger partial charge in [0.1, 0.15) is 0 Å². The summed E-state index contributed by atoms with van der Waals surface area (Å²) in [5.74, 6) is 0.394. The highest BCUT2D eigenvalue weighted by Crippen LogP contribution is 2.21. The van der Waals surface area contributed by atoms with E-state index in [-0.39, 0.29) is 30.1 Å². The Hall–Kier alpha value is -1.59. The highest BCUT2D eigenvalue weighted by molar-refractivity contribution is 5.95. The number of nitrogens with zero attached hydrogens (tertiary/aromatic N) is 1. The smallest absolute Gasteiger partial charge is 0.227 e. The van der Waals surface area contributed by atoms with Gasteiger partial charge in [-0.25, -0.2) is 0 Å². The van der Waals surface area contributed by atoms with Gasteiger partial charge in [-0.05, 0) is 37.2 Å². The molecule has 5 nitrogen and oxygen atoms in total. The zero-order valence-electron chi connectivity index (χ0n) is 12.6. The topological polar surface area (TPSA) is 61.4 Å². The van der Waals surface area contributed by atoms with Crippen molar-refractivity contribution in [2.45, 2.75) is 13.8 Å². The molecule has 0 aliphatic carbocycles. The minimum absolute atomic E-state index is 0. The third kappa shape index (κ3) is 4.19. The Labute approximate surface area is 131 Å². The summed E-state index contributed by atoms with van der Waals surface area (Å²) in [5.41, 5.74) is 1.49. The minimum Gasteiger partial charge on any atom is -0.326 e. The molecule has 2 rings (SSSR count). The van der Waals surface area contributed by atoms with Crippen LogP contribution >= 0.6 is 12.4 Å². The summed E-state index contributed by atoms with van der Waals surface area (Å²) < 4.78 is 0. The summed E-state index contributed by atoms with van der Waals surface area (Å²) in [4.78, 5) is 25.0. The second-order valence-corrected chi connectivity index (χ2v) is 5.32. The molecule has 1 aliphatic rings. The molecule has 1 atom stereocenters. The molecule has 1 aromatic carbocycles. The van der Waals surface area contributed by atoms with E-state index in [1.54, 1.807) is 11.9 Å². The zero-order valence-corrected chi connectivity index (χ0v) is 13.4. The number of carbonyl (C=O) groups is 2. The van der Waals surface area contributed by atoms with Gasteiger partial charge in [0.2, 0.25) is 11.8 Å². The van der Waals surface area contributed by atoms with Gasteiger partial charge in [0.05, 0.1) is 0 Å². The molecule has 1 aliphatic heterocycles. The Morgan fingerprint density at radius 3 is 2.57 bits per heavy atom. The van der Waals surface area contributed by atoms with E-state index in [1.165, 1.54) is 6.92 Å². The van der Waals surface area contributed by atoms with E-state index in [0.717, 1.165) is 24.5 Å². The number of amides is 2. The lowest BCUT2D eigenvalue weighted by Crippen LogP contribution is -2.48. The molecular formula is C15H22ClN3O2. The van der Waals surface area contributed by atoms with Crippen molar-refractivity contribution in [3.05, 3.63) is 24.3 Å². The van der Waals surface area contributed by atoms with Crippen molar-refractivity contribution < 1.29 is 9.59 Å². The van der Waals surface area contributed by atoms with Gasteiger partial charge in [0.15, 0.2) is 0 Å². The molecule has 2 N–H and O–H groups in total. The second kappa shape index (κ2) is 7.43. The van der Waals surface area contributed by atoms with E-state index in [4.69, 9.17) is 0 Å². The van der Waals surface area contributed by atoms with Gasteiger partial charge in [0.25, 0.3) is 0 Å². The van der Waals surface area contributed by atoms with Gasteiger partial charge in [-0.2, -0.15) is 0 Å². The van der Waals surface area contributed by atoms with Crippen LogP contribution in [0.2, 0.25) is 0 Å². The summed E-state index contributed by atoms with van der Waals surface area (Å²) in [5, 5.41) is 6.09. The van der Waals surface area contributed by atoms with Crippen LogP contribution in [-0.2, 0) is 9.59 Å². The Bertz CT molecular complexity index is 517. The molecule has 0 spiro atoms. The van der Waals surface area contributed by atoms with Crippen LogP contribution in [0.1, 0.15) is 13.8 Å². The maximum Gasteiger partial charge on any atom is 0.227 e. The maximum absolute atomic E-state index is 12.1. The van der Waals surface area contributed by atoms with Crippen LogP contribution in [0.4, 0.5) is 11.4 Å². The summed E-state index contributed by atoms with van der Waals surface area (Å²) in [6, 6.07) is 7.32. The molecule has 0 bridgehead atoms. The van der Waals surface area contributed by atoms with Crippen LogP contribution in [-0.4, -0.2) is 32.0 Å². The van der Waals surface area contributed by atoms with Crippen LogP contribution < -0.4 is 15.5 Å². The van der Waals surface area contributed by atoms with E-state index < -0.39 is 0 Å². The molecule has 1 fully saturated rings. The molecule has 2 amide bonds. The first-order valence-electron chi connectivity index (χ1n) is 6.85. The first-order chi connectivity index (χ1) is 9.49. The number of halogens is 1. The fourth-order valence-electron chi connectivity index (χ4n) is 2.11. The van der Waals surface area contributed by atoms with Crippen molar-refractivity contribution in [1.29, 1.82) is 0 Å². The maximum atomic E-state index is 12.1. The molecule has 6 heteroatoms. The van der Waals surface area contributed by atoms with Gasteiger partial charge in [-0.1, -0.05) is 13.0 Å². The van der Waals surface area contributed by atoms with Crippen LogP contribution in [0.3, 0.4) is 0 Å². The molecule has 21 heavy (non-hydrogen) atoms. The predicted octanol–water partition coefficient (Wildman–Crippen LogP) is 1.89. The molecule has 0 radical (unpaired) electrons. The number of benzene rings is 1.